The fraction of sp³-hybridized carbons (Fsp3) is 0.800. The van der Waals surface area contributed by atoms with Crippen LogP contribution in [0.4, 0.5) is 0 Å². The van der Waals surface area contributed by atoms with Crippen molar-refractivity contribution in [3.8, 4) is 0 Å². The molecular weight excluding hydrogens is 196 g/mol. The molecule has 0 aromatic carbocycles. The molecule has 15 heavy (non-hydrogen) atoms. The third-order valence-electron chi connectivity index (χ3n) is 2.98. The Labute approximate surface area is 89.4 Å². The maximum Gasteiger partial charge on any atom is 0.308 e. The van der Waals surface area contributed by atoms with Gasteiger partial charge in [-0.05, 0) is 27.3 Å². The van der Waals surface area contributed by atoms with Crippen LogP contribution in [-0.4, -0.2) is 47.6 Å². The van der Waals surface area contributed by atoms with Gasteiger partial charge in [-0.25, -0.2) is 0 Å². The van der Waals surface area contributed by atoms with Crippen molar-refractivity contribution in [2.45, 2.75) is 25.8 Å². The summed E-state index contributed by atoms with van der Waals surface area (Å²) in [4.78, 5) is 24.3. The molecule has 0 radical (unpaired) electrons. The second kappa shape index (κ2) is 4.18. The summed E-state index contributed by atoms with van der Waals surface area (Å²) >= 11 is 0. The molecule has 0 aromatic heterocycles. The molecule has 5 nitrogen and oxygen atoms in total. The van der Waals surface area contributed by atoms with Crippen molar-refractivity contribution in [2.75, 3.05) is 20.1 Å². The van der Waals surface area contributed by atoms with E-state index >= 15 is 0 Å². The van der Waals surface area contributed by atoms with Crippen molar-refractivity contribution < 1.29 is 14.7 Å². The number of rotatable bonds is 3. The summed E-state index contributed by atoms with van der Waals surface area (Å²) in [5.41, 5.74) is -0.618. The molecule has 1 fully saturated rings. The van der Waals surface area contributed by atoms with Crippen LogP contribution in [0.2, 0.25) is 0 Å². The number of carboxylic acid groups (broad SMARTS) is 1. The van der Waals surface area contributed by atoms with E-state index in [9.17, 15) is 9.59 Å². The van der Waals surface area contributed by atoms with Crippen molar-refractivity contribution in [3.05, 3.63) is 0 Å². The zero-order valence-corrected chi connectivity index (χ0v) is 9.41. The summed E-state index contributed by atoms with van der Waals surface area (Å²) in [5.74, 6) is -1.25. The lowest BCUT2D eigenvalue weighted by atomic mass is 10.0. The van der Waals surface area contributed by atoms with Crippen LogP contribution >= 0.6 is 0 Å². The van der Waals surface area contributed by atoms with Gasteiger partial charge in [-0.3, -0.25) is 9.59 Å². The standard InChI is InChI=1S/C10H18N2O3/c1-10(2,11-3)9(15)12-5-4-7(6-12)8(13)14/h7,11H,4-6H2,1-3H3,(H,13,14). The molecule has 1 saturated heterocycles. The summed E-state index contributed by atoms with van der Waals surface area (Å²) in [7, 11) is 1.72. The van der Waals surface area contributed by atoms with E-state index in [0.717, 1.165) is 0 Å². The van der Waals surface area contributed by atoms with Gasteiger partial charge in [0.15, 0.2) is 0 Å². The number of nitrogens with one attached hydrogen (secondary N) is 1. The highest BCUT2D eigenvalue weighted by Gasteiger charge is 2.36. The van der Waals surface area contributed by atoms with Crippen LogP contribution in [0.25, 0.3) is 0 Å². The van der Waals surface area contributed by atoms with E-state index in [1.165, 1.54) is 0 Å². The first-order valence-electron chi connectivity index (χ1n) is 5.09. The monoisotopic (exact) mass is 214 g/mol. The minimum Gasteiger partial charge on any atom is -0.481 e. The summed E-state index contributed by atoms with van der Waals surface area (Å²) in [6, 6.07) is 0. The van der Waals surface area contributed by atoms with Gasteiger partial charge in [-0.15, -0.1) is 0 Å². The molecule has 1 aliphatic heterocycles. The van der Waals surface area contributed by atoms with Crippen LogP contribution in [0.15, 0.2) is 0 Å². The number of hydrogen-bond acceptors (Lipinski definition) is 3. The maximum absolute atomic E-state index is 11.9. The van der Waals surface area contributed by atoms with Gasteiger partial charge in [-0.1, -0.05) is 0 Å². The van der Waals surface area contributed by atoms with Crippen LogP contribution in [0, 0.1) is 5.92 Å². The van der Waals surface area contributed by atoms with Crippen molar-refractivity contribution in [2.24, 2.45) is 5.92 Å². The van der Waals surface area contributed by atoms with Crippen molar-refractivity contribution in [1.29, 1.82) is 0 Å². The third-order valence-corrected chi connectivity index (χ3v) is 2.98. The quantitative estimate of drug-likeness (QED) is 0.689. The number of likely N-dealkylation sites (tertiary alicyclic amines) is 1. The van der Waals surface area contributed by atoms with Crippen LogP contribution < -0.4 is 5.32 Å². The number of nitrogens with zero attached hydrogens (tertiary/aromatic N) is 1. The number of carbonyl (C=O) groups is 2. The summed E-state index contributed by atoms with van der Waals surface area (Å²) in [6.07, 6.45) is 0.556. The van der Waals surface area contributed by atoms with Crippen molar-refractivity contribution in [3.63, 3.8) is 0 Å². The molecule has 1 heterocycles. The zero-order valence-electron chi connectivity index (χ0n) is 9.41. The highest BCUT2D eigenvalue weighted by atomic mass is 16.4. The molecule has 86 valence electrons. The number of amides is 1. The second-order valence-electron chi connectivity index (χ2n) is 4.45. The smallest absolute Gasteiger partial charge is 0.308 e. The van der Waals surface area contributed by atoms with Crippen LogP contribution in [0.1, 0.15) is 20.3 Å². The van der Waals surface area contributed by atoms with Gasteiger partial charge in [0.1, 0.15) is 0 Å². The average molecular weight is 214 g/mol. The number of carbonyl (C=O) groups excluding carboxylic acids is 1. The van der Waals surface area contributed by atoms with Gasteiger partial charge in [0.2, 0.25) is 5.91 Å². The molecule has 1 amide bonds. The molecule has 5 heteroatoms. The number of hydrogen-bond donors (Lipinski definition) is 2. The fourth-order valence-corrected chi connectivity index (χ4v) is 1.65. The fourth-order valence-electron chi connectivity index (χ4n) is 1.65. The Morgan fingerprint density at radius 3 is 2.47 bits per heavy atom. The molecular formula is C10H18N2O3. The van der Waals surface area contributed by atoms with Crippen LogP contribution in [0.5, 0.6) is 0 Å². The van der Waals surface area contributed by atoms with E-state index in [1.807, 2.05) is 0 Å². The average Bonchev–Trinajstić information content (AvgIpc) is 2.65. The van der Waals surface area contributed by atoms with Gasteiger partial charge in [-0.2, -0.15) is 0 Å². The molecule has 2 N–H and O–H groups in total. The summed E-state index contributed by atoms with van der Waals surface area (Å²) < 4.78 is 0. The normalized spacial score (nSPS) is 21.8. The Morgan fingerprint density at radius 1 is 1.47 bits per heavy atom. The van der Waals surface area contributed by atoms with E-state index in [1.54, 1.807) is 25.8 Å². The predicted molar refractivity (Wildman–Crippen MR) is 55.5 cm³/mol. The first kappa shape index (κ1) is 12.0. The Balaban J connectivity index is 2.61. The molecule has 1 aliphatic rings. The van der Waals surface area contributed by atoms with Crippen molar-refractivity contribution in [1.82, 2.24) is 10.2 Å². The van der Waals surface area contributed by atoms with Gasteiger partial charge < -0.3 is 15.3 Å². The second-order valence-corrected chi connectivity index (χ2v) is 4.45. The SMILES string of the molecule is CNC(C)(C)C(=O)N1CCC(C(=O)O)C1. The van der Waals surface area contributed by atoms with E-state index in [0.29, 0.717) is 19.5 Å². The first-order valence-corrected chi connectivity index (χ1v) is 5.09. The number of likely N-dealkylation sites (N-methyl/N-ethyl adjacent to an activating group) is 1. The lowest BCUT2D eigenvalue weighted by molar-refractivity contribution is -0.141. The van der Waals surface area contributed by atoms with Gasteiger partial charge in [0, 0.05) is 13.1 Å². The largest absolute Gasteiger partial charge is 0.481 e. The maximum atomic E-state index is 11.9. The molecule has 1 unspecified atom stereocenters. The summed E-state index contributed by atoms with van der Waals surface area (Å²) in [5, 5.41) is 11.7. The Bertz CT molecular complexity index is 276. The Kier molecular flexibility index (Phi) is 3.34. The van der Waals surface area contributed by atoms with Crippen molar-refractivity contribution >= 4 is 11.9 Å². The highest BCUT2D eigenvalue weighted by molar-refractivity contribution is 5.86. The minimum atomic E-state index is -0.812. The molecule has 0 saturated carbocycles. The third kappa shape index (κ3) is 2.47. The lowest BCUT2D eigenvalue weighted by Crippen LogP contribution is -2.52. The summed E-state index contributed by atoms with van der Waals surface area (Å²) in [6.45, 7) is 4.47. The van der Waals surface area contributed by atoms with E-state index in [4.69, 9.17) is 5.11 Å². The zero-order chi connectivity index (χ0) is 11.6. The van der Waals surface area contributed by atoms with Gasteiger partial charge >= 0.3 is 5.97 Å². The molecule has 1 rings (SSSR count). The number of aliphatic carboxylic acids is 1. The number of carboxylic acids is 1. The van der Waals surface area contributed by atoms with E-state index < -0.39 is 17.4 Å². The van der Waals surface area contributed by atoms with E-state index in [2.05, 4.69) is 5.32 Å². The molecule has 0 spiro atoms. The van der Waals surface area contributed by atoms with Gasteiger partial charge in [0.05, 0.1) is 11.5 Å². The van der Waals surface area contributed by atoms with Crippen LogP contribution in [-0.2, 0) is 9.59 Å². The topological polar surface area (TPSA) is 69.6 Å². The Morgan fingerprint density at radius 2 is 2.07 bits per heavy atom. The predicted octanol–water partition coefficient (Wildman–Crippen LogP) is -0.0825. The molecule has 0 aromatic rings. The van der Waals surface area contributed by atoms with E-state index in [-0.39, 0.29) is 5.91 Å². The molecule has 0 aliphatic carbocycles. The first-order chi connectivity index (χ1) is 6.88. The molecule has 1 atom stereocenters. The Hall–Kier alpha value is -1.10. The van der Waals surface area contributed by atoms with Crippen LogP contribution in [0.3, 0.4) is 0 Å². The lowest BCUT2D eigenvalue weighted by Gasteiger charge is -2.28. The van der Waals surface area contributed by atoms with Gasteiger partial charge in [0.25, 0.3) is 0 Å². The minimum absolute atomic E-state index is 0.0336. The molecule has 0 bridgehead atoms. The highest BCUT2D eigenvalue weighted by Crippen LogP contribution is 2.19.